The molecule has 1 atom stereocenters. The van der Waals surface area contributed by atoms with Gasteiger partial charge in [0.15, 0.2) is 5.76 Å². The zero-order valence-electron chi connectivity index (χ0n) is 13.7. The van der Waals surface area contributed by atoms with E-state index in [1.807, 2.05) is 38.1 Å². The smallest absolute Gasteiger partial charge is 0.287 e. The molecule has 1 heterocycles. The largest absolute Gasteiger partial charge is 0.451 e. The van der Waals surface area contributed by atoms with Gasteiger partial charge in [-0.05, 0) is 37.5 Å². The highest BCUT2D eigenvalue weighted by Gasteiger charge is 2.19. The lowest BCUT2D eigenvalue weighted by Gasteiger charge is -2.14. The van der Waals surface area contributed by atoms with Gasteiger partial charge in [-0.1, -0.05) is 49.4 Å². The Bertz CT molecular complexity index is 830. The van der Waals surface area contributed by atoms with Crippen LogP contribution in [0.5, 0.6) is 0 Å². The second kappa shape index (κ2) is 6.29. The molecule has 3 nitrogen and oxygen atoms in total. The normalized spacial score (nSPS) is 12.3. The van der Waals surface area contributed by atoms with Crippen LogP contribution in [0, 0.1) is 6.92 Å². The highest BCUT2D eigenvalue weighted by atomic mass is 16.3. The molecule has 0 saturated heterocycles. The molecule has 0 radical (unpaired) electrons. The van der Waals surface area contributed by atoms with Gasteiger partial charge in [0.2, 0.25) is 0 Å². The zero-order valence-corrected chi connectivity index (χ0v) is 13.7. The number of amides is 1. The van der Waals surface area contributed by atoms with Crippen molar-refractivity contribution in [3.63, 3.8) is 0 Å². The molecule has 3 rings (SSSR count). The Morgan fingerprint density at radius 2 is 1.83 bits per heavy atom. The van der Waals surface area contributed by atoms with Gasteiger partial charge in [-0.3, -0.25) is 4.79 Å². The number of rotatable bonds is 4. The van der Waals surface area contributed by atoms with Crippen molar-refractivity contribution in [2.45, 2.75) is 33.2 Å². The summed E-state index contributed by atoms with van der Waals surface area (Å²) in [6.45, 7) is 6.03. The zero-order chi connectivity index (χ0) is 16.4. The molecule has 1 N–H and O–H groups in total. The fraction of sp³-hybridized carbons (Fsp3) is 0.250. The summed E-state index contributed by atoms with van der Waals surface area (Å²) in [6.07, 6.45) is 1.01. The maximum atomic E-state index is 12.5. The minimum absolute atomic E-state index is 0.0685. The minimum atomic E-state index is -0.175. The molecule has 1 aromatic heterocycles. The van der Waals surface area contributed by atoms with E-state index in [2.05, 4.69) is 36.5 Å². The van der Waals surface area contributed by atoms with Crippen LogP contribution in [0.2, 0.25) is 0 Å². The van der Waals surface area contributed by atoms with Crippen LogP contribution < -0.4 is 5.32 Å². The van der Waals surface area contributed by atoms with Crippen LogP contribution in [0.15, 0.2) is 52.9 Å². The lowest BCUT2D eigenvalue weighted by Crippen LogP contribution is -2.26. The van der Waals surface area contributed by atoms with Crippen molar-refractivity contribution in [1.29, 1.82) is 0 Å². The molecular formula is C20H21NO2. The molecule has 0 fully saturated rings. The first-order chi connectivity index (χ1) is 11.1. The molecule has 1 unspecified atom stereocenters. The molecule has 118 valence electrons. The number of carbonyl (C=O) groups is 1. The van der Waals surface area contributed by atoms with E-state index in [1.165, 1.54) is 5.56 Å². The molecule has 2 aromatic carbocycles. The topological polar surface area (TPSA) is 42.2 Å². The van der Waals surface area contributed by atoms with Crippen molar-refractivity contribution >= 4 is 16.9 Å². The van der Waals surface area contributed by atoms with Gasteiger partial charge in [0.1, 0.15) is 5.58 Å². The second-order valence-electron chi connectivity index (χ2n) is 5.84. The monoisotopic (exact) mass is 307 g/mol. The van der Waals surface area contributed by atoms with Crippen molar-refractivity contribution in [2.75, 3.05) is 0 Å². The SMILES string of the molecule is CCc1ccc(C(C)NC(=O)c2oc3ccccc3c2C)cc1. The molecule has 0 aliphatic rings. The fourth-order valence-corrected chi connectivity index (χ4v) is 2.78. The van der Waals surface area contributed by atoms with E-state index in [0.29, 0.717) is 5.76 Å². The van der Waals surface area contributed by atoms with E-state index in [9.17, 15) is 4.79 Å². The minimum Gasteiger partial charge on any atom is -0.451 e. The van der Waals surface area contributed by atoms with Crippen LogP contribution in [0.1, 0.15) is 47.1 Å². The van der Waals surface area contributed by atoms with Gasteiger partial charge >= 0.3 is 0 Å². The summed E-state index contributed by atoms with van der Waals surface area (Å²) in [5.74, 6) is 0.217. The van der Waals surface area contributed by atoms with Crippen molar-refractivity contribution in [3.05, 3.63) is 71.0 Å². The van der Waals surface area contributed by atoms with Gasteiger partial charge < -0.3 is 9.73 Å². The van der Waals surface area contributed by atoms with Gasteiger partial charge in [-0.2, -0.15) is 0 Å². The first-order valence-corrected chi connectivity index (χ1v) is 7.98. The number of aryl methyl sites for hydroxylation is 2. The Morgan fingerprint density at radius 3 is 2.48 bits per heavy atom. The Morgan fingerprint density at radius 1 is 1.13 bits per heavy atom. The summed E-state index contributed by atoms with van der Waals surface area (Å²) in [4.78, 5) is 12.5. The number of fused-ring (bicyclic) bond motifs is 1. The number of hydrogen-bond acceptors (Lipinski definition) is 2. The molecular weight excluding hydrogens is 286 g/mol. The predicted octanol–water partition coefficient (Wildman–Crippen LogP) is 4.79. The first kappa shape index (κ1) is 15.3. The Labute approximate surface area is 136 Å². The average molecular weight is 307 g/mol. The van der Waals surface area contributed by atoms with Crippen molar-refractivity contribution in [3.8, 4) is 0 Å². The van der Waals surface area contributed by atoms with E-state index in [4.69, 9.17) is 4.42 Å². The van der Waals surface area contributed by atoms with E-state index in [0.717, 1.165) is 28.5 Å². The molecule has 3 aromatic rings. The summed E-state index contributed by atoms with van der Waals surface area (Å²) >= 11 is 0. The Balaban J connectivity index is 1.80. The molecule has 0 aliphatic carbocycles. The molecule has 1 amide bonds. The van der Waals surface area contributed by atoms with Crippen LogP contribution in [0.4, 0.5) is 0 Å². The summed E-state index contributed by atoms with van der Waals surface area (Å²) in [5.41, 5.74) is 4.01. The molecule has 0 aliphatic heterocycles. The van der Waals surface area contributed by atoms with Crippen LogP contribution in [-0.4, -0.2) is 5.91 Å². The highest BCUT2D eigenvalue weighted by Crippen LogP contribution is 2.25. The van der Waals surface area contributed by atoms with Crippen LogP contribution >= 0.6 is 0 Å². The second-order valence-corrected chi connectivity index (χ2v) is 5.84. The van der Waals surface area contributed by atoms with Crippen LogP contribution in [-0.2, 0) is 6.42 Å². The standard InChI is InChI=1S/C20H21NO2/c1-4-15-9-11-16(12-10-15)14(3)21-20(22)19-13(2)17-7-5-6-8-18(17)23-19/h5-12,14H,4H2,1-3H3,(H,21,22). The third-order valence-electron chi connectivity index (χ3n) is 4.29. The molecule has 0 spiro atoms. The molecule has 0 saturated carbocycles. The Kier molecular flexibility index (Phi) is 4.20. The lowest BCUT2D eigenvalue weighted by atomic mass is 10.0. The summed E-state index contributed by atoms with van der Waals surface area (Å²) in [7, 11) is 0. The van der Waals surface area contributed by atoms with Gasteiger partial charge in [-0.15, -0.1) is 0 Å². The Hall–Kier alpha value is -2.55. The number of para-hydroxylation sites is 1. The van der Waals surface area contributed by atoms with E-state index < -0.39 is 0 Å². The fourth-order valence-electron chi connectivity index (χ4n) is 2.78. The number of hydrogen-bond donors (Lipinski definition) is 1. The first-order valence-electron chi connectivity index (χ1n) is 7.98. The number of furan rings is 1. The summed E-state index contributed by atoms with van der Waals surface area (Å²) in [5, 5.41) is 4.00. The van der Waals surface area contributed by atoms with Gasteiger partial charge in [0, 0.05) is 10.9 Å². The van der Waals surface area contributed by atoms with Crippen LogP contribution in [0.3, 0.4) is 0 Å². The van der Waals surface area contributed by atoms with E-state index >= 15 is 0 Å². The molecule has 3 heteroatoms. The summed E-state index contributed by atoms with van der Waals surface area (Å²) < 4.78 is 5.72. The maximum absolute atomic E-state index is 12.5. The number of benzene rings is 2. The van der Waals surface area contributed by atoms with Crippen LogP contribution in [0.25, 0.3) is 11.0 Å². The van der Waals surface area contributed by atoms with Crippen molar-refractivity contribution in [1.82, 2.24) is 5.32 Å². The summed E-state index contributed by atoms with van der Waals surface area (Å²) in [6, 6.07) is 16.0. The number of nitrogens with one attached hydrogen (secondary N) is 1. The van der Waals surface area contributed by atoms with Gasteiger partial charge in [0.25, 0.3) is 5.91 Å². The molecule has 0 bridgehead atoms. The highest BCUT2D eigenvalue weighted by molar-refractivity contribution is 5.99. The maximum Gasteiger partial charge on any atom is 0.287 e. The third kappa shape index (κ3) is 3.00. The quantitative estimate of drug-likeness (QED) is 0.752. The van der Waals surface area contributed by atoms with E-state index in [-0.39, 0.29) is 11.9 Å². The lowest BCUT2D eigenvalue weighted by molar-refractivity contribution is 0.0913. The molecule has 23 heavy (non-hydrogen) atoms. The van der Waals surface area contributed by atoms with Gasteiger partial charge in [-0.25, -0.2) is 0 Å². The predicted molar refractivity (Wildman–Crippen MR) is 92.7 cm³/mol. The van der Waals surface area contributed by atoms with E-state index in [1.54, 1.807) is 0 Å². The van der Waals surface area contributed by atoms with Crippen molar-refractivity contribution < 1.29 is 9.21 Å². The van der Waals surface area contributed by atoms with Crippen molar-refractivity contribution in [2.24, 2.45) is 0 Å². The average Bonchev–Trinajstić information content (AvgIpc) is 2.92. The third-order valence-corrected chi connectivity index (χ3v) is 4.29. The van der Waals surface area contributed by atoms with Gasteiger partial charge in [0.05, 0.1) is 6.04 Å². The number of carbonyl (C=O) groups excluding carboxylic acids is 1.